The molecule has 232 valence electrons. The second-order valence-electron chi connectivity index (χ2n) is 10.5. The molecule has 0 bridgehead atoms. The Balaban J connectivity index is 1.71. The standard InChI is InChI=1S/C30H28O14/c31-12-5-15(32)13(16(33)6-12)7-18(35)25(10-1-20(37)27(42)21(38)2-10)26-19(36)9-17(34)14-8-24(41)29(44-30(14)26)11-3-22(39)28(43)23(40)4-11/h1-6,9,18,24-25,29,31-43H,7-8H2/t18-,24-,25-,29-/m1/s1. The molecule has 1 aliphatic heterocycles. The van der Waals surface area contributed by atoms with Crippen molar-refractivity contribution < 1.29 is 71.1 Å². The van der Waals surface area contributed by atoms with E-state index in [1.54, 1.807) is 0 Å². The number of aliphatic hydroxyl groups is 2. The molecule has 0 spiro atoms. The quantitative estimate of drug-likeness (QED) is 0.139. The predicted octanol–water partition coefficient (Wildman–Crippen LogP) is 2.22. The Morgan fingerprint density at radius 3 is 1.70 bits per heavy atom. The normalized spacial score (nSPS) is 17.4. The van der Waals surface area contributed by atoms with Gasteiger partial charge in [-0.05, 0) is 29.8 Å². The first-order valence-electron chi connectivity index (χ1n) is 13.0. The van der Waals surface area contributed by atoms with Gasteiger partial charge in [-0.2, -0.15) is 0 Å². The SMILES string of the molecule is Oc1cc(O)c(C[C@@H](O)[C@@H](c2cc(O)c(O)c(O)c2)c2c(O)cc(O)c3c2O[C@H](c2cc(O)c(O)c(O)c2)[C@H](O)C3)c(O)c1. The Bertz CT molecular complexity index is 1700. The molecular formula is C30H28O14. The molecule has 14 heteroatoms. The number of hydrogen-bond acceptors (Lipinski definition) is 14. The number of aliphatic hydroxyl groups excluding tert-OH is 2. The first-order chi connectivity index (χ1) is 20.7. The van der Waals surface area contributed by atoms with E-state index in [-0.39, 0.29) is 40.0 Å². The molecule has 4 atom stereocenters. The van der Waals surface area contributed by atoms with Gasteiger partial charge in [0.05, 0.1) is 12.2 Å². The zero-order chi connectivity index (χ0) is 32.2. The largest absolute Gasteiger partial charge is 0.508 e. The van der Waals surface area contributed by atoms with Gasteiger partial charge >= 0.3 is 0 Å². The maximum absolute atomic E-state index is 11.6. The average molecular weight is 613 g/mol. The molecule has 0 radical (unpaired) electrons. The van der Waals surface area contributed by atoms with Crippen LogP contribution in [0.2, 0.25) is 0 Å². The van der Waals surface area contributed by atoms with E-state index in [1.165, 1.54) is 0 Å². The van der Waals surface area contributed by atoms with Gasteiger partial charge in [0.2, 0.25) is 0 Å². The molecule has 4 aromatic carbocycles. The van der Waals surface area contributed by atoms with Gasteiger partial charge in [0.25, 0.3) is 0 Å². The van der Waals surface area contributed by atoms with Crippen molar-refractivity contribution in [2.45, 2.75) is 37.1 Å². The van der Waals surface area contributed by atoms with Crippen LogP contribution in [0.25, 0.3) is 0 Å². The molecule has 44 heavy (non-hydrogen) atoms. The van der Waals surface area contributed by atoms with E-state index >= 15 is 0 Å². The van der Waals surface area contributed by atoms with Gasteiger partial charge in [0, 0.05) is 59.2 Å². The fourth-order valence-corrected chi connectivity index (χ4v) is 5.47. The molecule has 0 amide bonds. The lowest BCUT2D eigenvalue weighted by Crippen LogP contribution is -2.32. The van der Waals surface area contributed by atoms with Crippen molar-refractivity contribution in [3.8, 4) is 69.0 Å². The number of aromatic hydroxyl groups is 11. The minimum absolute atomic E-state index is 0.0271. The van der Waals surface area contributed by atoms with Crippen molar-refractivity contribution in [1.82, 2.24) is 0 Å². The molecule has 13 N–H and O–H groups in total. The smallest absolute Gasteiger partial charge is 0.200 e. The van der Waals surface area contributed by atoms with Gasteiger partial charge in [0.1, 0.15) is 34.5 Å². The Morgan fingerprint density at radius 1 is 0.636 bits per heavy atom. The fourth-order valence-electron chi connectivity index (χ4n) is 5.47. The van der Waals surface area contributed by atoms with E-state index in [4.69, 9.17) is 4.74 Å². The second kappa shape index (κ2) is 10.9. The van der Waals surface area contributed by atoms with Crippen LogP contribution >= 0.6 is 0 Å². The van der Waals surface area contributed by atoms with Crippen LogP contribution in [0, 0.1) is 0 Å². The van der Waals surface area contributed by atoms with Crippen LogP contribution in [-0.2, 0) is 12.8 Å². The minimum atomic E-state index is -1.74. The van der Waals surface area contributed by atoms with Crippen LogP contribution in [0.1, 0.15) is 39.8 Å². The Kier molecular flexibility index (Phi) is 7.41. The number of ether oxygens (including phenoxy) is 1. The topological polar surface area (TPSA) is 272 Å². The van der Waals surface area contributed by atoms with Crippen LogP contribution < -0.4 is 4.74 Å². The van der Waals surface area contributed by atoms with E-state index in [0.29, 0.717) is 0 Å². The van der Waals surface area contributed by atoms with E-state index in [9.17, 15) is 66.4 Å². The lowest BCUT2D eigenvalue weighted by molar-refractivity contribution is 0.0180. The molecule has 1 aliphatic rings. The van der Waals surface area contributed by atoms with Gasteiger partial charge in [-0.25, -0.2) is 0 Å². The molecule has 4 aromatic rings. The number of fused-ring (bicyclic) bond motifs is 1. The molecule has 14 nitrogen and oxygen atoms in total. The number of rotatable bonds is 6. The summed E-state index contributed by atoms with van der Waals surface area (Å²) in [4.78, 5) is 0. The van der Waals surface area contributed by atoms with Gasteiger partial charge in [-0.15, -0.1) is 0 Å². The van der Waals surface area contributed by atoms with Crippen molar-refractivity contribution in [3.05, 3.63) is 70.3 Å². The first-order valence-corrected chi connectivity index (χ1v) is 13.0. The van der Waals surface area contributed by atoms with Crippen LogP contribution in [-0.4, -0.2) is 78.6 Å². The van der Waals surface area contributed by atoms with Crippen LogP contribution in [0.5, 0.6) is 69.0 Å². The number of hydrogen-bond donors (Lipinski definition) is 13. The highest BCUT2D eigenvalue weighted by molar-refractivity contribution is 5.63. The van der Waals surface area contributed by atoms with E-state index < -0.39 is 93.9 Å². The summed E-state index contributed by atoms with van der Waals surface area (Å²) in [6, 6.07) is 6.66. The summed E-state index contributed by atoms with van der Waals surface area (Å²) in [6.07, 6.45) is -5.42. The summed E-state index contributed by atoms with van der Waals surface area (Å²) in [5, 5.41) is 135. The van der Waals surface area contributed by atoms with Crippen molar-refractivity contribution >= 4 is 0 Å². The third-order valence-electron chi connectivity index (χ3n) is 7.55. The molecule has 0 saturated carbocycles. The van der Waals surface area contributed by atoms with E-state index in [2.05, 4.69) is 0 Å². The summed E-state index contributed by atoms with van der Waals surface area (Å²) in [5.74, 6) is -9.51. The zero-order valence-corrected chi connectivity index (χ0v) is 22.5. The maximum atomic E-state index is 11.6. The summed E-state index contributed by atoms with van der Waals surface area (Å²) < 4.78 is 6.03. The van der Waals surface area contributed by atoms with Gasteiger partial charge < -0.3 is 71.1 Å². The van der Waals surface area contributed by atoms with Crippen LogP contribution in [0.4, 0.5) is 0 Å². The summed E-state index contributed by atoms with van der Waals surface area (Å²) in [7, 11) is 0. The van der Waals surface area contributed by atoms with E-state index in [1.807, 2.05) is 0 Å². The van der Waals surface area contributed by atoms with Crippen LogP contribution in [0.15, 0.2) is 42.5 Å². The summed E-state index contributed by atoms with van der Waals surface area (Å²) in [5.41, 5.74) is -0.702. The van der Waals surface area contributed by atoms with Gasteiger partial charge in [-0.1, -0.05) is 0 Å². The Labute approximate surface area is 247 Å². The van der Waals surface area contributed by atoms with Crippen molar-refractivity contribution in [2.24, 2.45) is 0 Å². The average Bonchev–Trinajstić information content (AvgIpc) is 2.93. The van der Waals surface area contributed by atoms with Crippen molar-refractivity contribution in [1.29, 1.82) is 0 Å². The van der Waals surface area contributed by atoms with Crippen molar-refractivity contribution in [3.63, 3.8) is 0 Å². The summed E-state index contributed by atoms with van der Waals surface area (Å²) >= 11 is 0. The maximum Gasteiger partial charge on any atom is 0.200 e. The zero-order valence-electron chi connectivity index (χ0n) is 22.5. The highest BCUT2D eigenvalue weighted by atomic mass is 16.5. The van der Waals surface area contributed by atoms with Crippen molar-refractivity contribution in [2.75, 3.05) is 0 Å². The predicted molar refractivity (Wildman–Crippen MR) is 149 cm³/mol. The third-order valence-corrected chi connectivity index (χ3v) is 7.55. The third kappa shape index (κ3) is 5.12. The molecule has 0 unspecified atom stereocenters. The lowest BCUT2D eigenvalue weighted by Gasteiger charge is -2.35. The lowest BCUT2D eigenvalue weighted by atomic mass is 9.80. The van der Waals surface area contributed by atoms with Gasteiger partial charge in [0.15, 0.2) is 40.6 Å². The highest BCUT2D eigenvalue weighted by Crippen LogP contribution is 2.53. The monoisotopic (exact) mass is 612 g/mol. The fraction of sp³-hybridized carbons (Fsp3) is 0.200. The molecular weight excluding hydrogens is 584 g/mol. The number of phenols is 11. The Hall–Kier alpha value is -5.60. The molecule has 0 fully saturated rings. The Morgan fingerprint density at radius 2 is 1.16 bits per heavy atom. The molecule has 5 rings (SSSR count). The number of benzene rings is 4. The molecule has 0 aliphatic carbocycles. The first kappa shape index (κ1) is 29.9. The highest BCUT2D eigenvalue weighted by Gasteiger charge is 2.39. The minimum Gasteiger partial charge on any atom is -0.508 e. The van der Waals surface area contributed by atoms with Gasteiger partial charge in [-0.3, -0.25) is 0 Å². The number of phenolic OH excluding ortho intramolecular Hbond substituents is 11. The molecule has 0 saturated heterocycles. The molecule has 1 heterocycles. The van der Waals surface area contributed by atoms with E-state index in [0.717, 1.165) is 42.5 Å². The second-order valence-corrected chi connectivity index (χ2v) is 10.5. The molecule has 0 aromatic heterocycles. The summed E-state index contributed by atoms with van der Waals surface area (Å²) in [6.45, 7) is 0. The van der Waals surface area contributed by atoms with Crippen LogP contribution in [0.3, 0.4) is 0 Å².